The van der Waals surface area contributed by atoms with Gasteiger partial charge in [0, 0.05) is 18.7 Å². The van der Waals surface area contributed by atoms with Gasteiger partial charge in [0.25, 0.3) is 0 Å². The first kappa shape index (κ1) is 11.7. The highest BCUT2D eigenvalue weighted by Crippen LogP contribution is 2.10. The maximum absolute atomic E-state index is 10.9. The molecule has 1 rings (SSSR count). The van der Waals surface area contributed by atoms with Crippen LogP contribution in [0.5, 0.6) is 0 Å². The first-order chi connectivity index (χ1) is 7.15. The Bertz CT molecular complexity index is 350. The maximum Gasteiger partial charge on any atom is 0.248 e. The Balaban J connectivity index is 2.70. The van der Waals surface area contributed by atoms with Gasteiger partial charge in [0.2, 0.25) is 5.91 Å². The standard InChI is InChI=1S/C11H16N2O2/c1-8-6-9(11(12)15)2-3-10(8)7-13-4-5-14/h2-3,6,13-14H,4-5,7H2,1H3,(H2,12,15). The molecule has 0 aromatic heterocycles. The van der Waals surface area contributed by atoms with Crippen LogP contribution in [0.4, 0.5) is 0 Å². The largest absolute Gasteiger partial charge is 0.395 e. The molecule has 15 heavy (non-hydrogen) atoms. The minimum atomic E-state index is -0.409. The number of aliphatic hydroxyl groups is 1. The highest BCUT2D eigenvalue weighted by molar-refractivity contribution is 5.93. The average molecular weight is 208 g/mol. The first-order valence-corrected chi connectivity index (χ1v) is 4.86. The Morgan fingerprint density at radius 3 is 2.80 bits per heavy atom. The van der Waals surface area contributed by atoms with E-state index in [1.807, 2.05) is 13.0 Å². The van der Waals surface area contributed by atoms with Gasteiger partial charge in [0.05, 0.1) is 6.61 Å². The Morgan fingerprint density at radius 1 is 1.53 bits per heavy atom. The molecule has 0 aliphatic rings. The number of amides is 1. The molecule has 0 aliphatic heterocycles. The summed E-state index contributed by atoms with van der Waals surface area (Å²) in [6.45, 7) is 3.31. The normalized spacial score (nSPS) is 10.3. The molecule has 0 heterocycles. The van der Waals surface area contributed by atoms with Crippen molar-refractivity contribution in [2.75, 3.05) is 13.2 Å². The molecule has 0 unspecified atom stereocenters. The Hall–Kier alpha value is -1.39. The summed E-state index contributed by atoms with van der Waals surface area (Å²) in [5.74, 6) is -0.409. The number of rotatable bonds is 5. The number of primary amides is 1. The predicted octanol–water partition coefficient (Wildman–Crippen LogP) is 0.176. The van der Waals surface area contributed by atoms with E-state index in [4.69, 9.17) is 10.8 Å². The van der Waals surface area contributed by atoms with E-state index in [9.17, 15) is 4.79 Å². The van der Waals surface area contributed by atoms with Crippen molar-refractivity contribution < 1.29 is 9.90 Å². The highest BCUT2D eigenvalue weighted by atomic mass is 16.3. The molecule has 82 valence electrons. The van der Waals surface area contributed by atoms with Gasteiger partial charge in [0.1, 0.15) is 0 Å². The molecular weight excluding hydrogens is 192 g/mol. The van der Waals surface area contributed by atoms with Crippen molar-refractivity contribution in [2.45, 2.75) is 13.5 Å². The second-order valence-corrected chi connectivity index (χ2v) is 3.41. The number of nitrogens with two attached hydrogens (primary N) is 1. The second-order valence-electron chi connectivity index (χ2n) is 3.41. The number of carbonyl (C=O) groups excluding carboxylic acids is 1. The first-order valence-electron chi connectivity index (χ1n) is 4.86. The fourth-order valence-corrected chi connectivity index (χ4v) is 1.35. The number of hydrogen-bond donors (Lipinski definition) is 3. The lowest BCUT2D eigenvalue weighted by Gasteiger charge is -2.07. The summed E-state index contributed by atoms with van der Waals surface area (Å²) < 4.78 is 0. The lowest BCUT2D eigenvalue weighted by Crippen LogP contribution is -2.18. The SMILES string of the molecule is Cc1cc(C(N)=O)ccc1CNCCO. The summed E-state index contributed by atoms with van der Waals surface area (Å²) in [6, 6.07) is 5.36. The van der Waals surface area contributed by atoms with Crippen molar-refractivity contribution in [1.29, 1.82) is 0 Å². The third-order valence-electron chi connectivity index (χ3n) is 2.23. The number of aliphatic hydroxyl groups excluding tert-OH is 1. The fourth-order valence-electron chi connectivity index (χ4n) is 1.35. The molecule has 1 aromatic carbocycles. The highest BCUT2D eigenvalue weighted by Gasteiger charge is 2.03. The van der Waals surface area contributed by atoms with Crippen LogP contribution in [0.25, 0.3) is 0 Å². The topological polar surface area (TPSA) is 75.4 Å². The Labute approximate surface area is 89.1 Å². The van der Waals surface area contributed by atoms with E-state index in [1.54, 1.807) is 12.1 Å². The summed E-state index contributed by atoms with van der Waals surface area (Å²) >= 11 is 0. The predicted molar refractivity (Wildman–Crippen MR) is 58.5 cm³/mol. The third kappa shape index (κ3) is 3.34. The maximum atomic E-state index is 10.9. The zero-order valence-electron chi connectivity index (χ0n) is 8.79. The summed E-state index contributed by atoms with van der Waals surface area (Å²) in [6.07, 6.45) is 0. The lowest BCUT2D eigenvalue weighted by molar-refractivity contribution is 0.1000. The molecule has 0 saturated heterocycles. The minimum absolute atomic E-state index is 0.123. The molecule has 0 aliphatic carbocycles. The number of carbonyl (C=O) groups is 1. The van der Waals surface area contributed by atoms with E-state index in [0.29, 0.717) is 18.7 Å². The average Bonchev–Trinajstić information content (AvgIpc) is 2.20. The third-order valence-corrected chi connectivity index (χ3v) is 2.23. The van der Waals surface area contributed by atoms with Gasteiger partial charge in [0.15, 0.2) is 0 Å². The molecule has 4 heteroatoms. The van der Waals surface area contributed by atoms with Gasteiger partial charge in [-0.25, -0.2) is 0 Å². The van der Waals surface area contributed by atoms with Gasteiger partial charge in [-0.1, -0.05) is 6.07 Å². The summed E-state index contributed by atoms with van der Waals surface area (Å²) in [4.78, 5) is 10.9. The summed E-state index contributed by atoms with van der Waals surface area (Å²) in [5.41, 5.74) is 7.82. The number of benzene rings is 1. The van der Waals surface area contributed by atoms with Gasteiger partial charge < -0.3 is 16.2 Å². The van der Waals surface area contributed by atoms with Crippen molar-refractivity contribution in [2.24, 2.45) is 5.73 Å². The van der Waals surface area contributed by atoms with Crippen LogP contribution in [0.2, 0.25) is 0 Å². The van der Waals surface area contributed by atoms with Crippen molar-refractivity contribution in [3.63, 3.8) is 0 Å². The molecule has 0 spiro atoms. The van der Waals surface area contributed by atoms with Crippen LogP contribution < -0.4 is 11.1 Å². The van der Waals surface area contributed by atoms with Crippen LogP contribution in [-0.2, 0) is 6.54 Å². The molecule has 0 bridgehead atoms. The van der Waals surface area contributed by atoms with Crippen molar-refractivity contribution in [3.05, 3.63) is 34.9 Å². The molecule has 4 N–H and O–H groups in total. The minimum Gasteiger partial charge on any atom is -0.395 e. The molecule has 4 nitrogen and oxygen atoms in total. The molecular formula is C11H16N2O2. The number of hydrogen-bond acceptors (Lipinski definition) is 3. The molecule has 0 radical (unpaired) electrons. The van der Waals surface area contributed by atoms with Crippen LogP contribution in [0.3, 0.4) is 0 Å². The second kappa shape index (κ2) is 5.48. The summed E-state index contributed by atoms with van der Waals surface area (Å²) in [7, 11) is 0. The van der Waals surface area contributed by atoms with Crippen LogP contribution in [0.1, 0.15) is 21.5 Å². The summed E-state index contributed by atoms with van der Waals surface area (Å²) in [5, 5.41) is 11.7. The molecule has 1 aromatic rings. The van der Waals surface area contributed by atoms with E-state index in [-0.39, 0.29) is 6.61 Å². The molecule has 1 amide bonds. The van der Waals surface area contributed by atoms with Crippen molar-refractivity contribution in [3.8, 4) is 0 Å². The van der Waals surface area contributed by atoms with E-state index in [2.05, 4.69) is 5.32 Å². The van der Waals surface area contributed by atoms with E-state index in [1.165, 1.54) is 0 Å². The van der Waals surface area contributed by atoms with Crippen molar-refractivity contribution >= 4 is 5.91 Å². The monoisotopic (exact) mass is 208 g/mol. The quantitative estimate of drug-likeness (QED) is 0.604. The van der Waals surface area contributed by atoms with E-state index >= 15 is 0 Å². The van der Waals surface area contributed by atoms with Crippen LogP contribution in [0.15, 0.2) is 18.2 Å². The Kier molecular flexibility index (Phi) is 4.27. The smallest absolute Gasteiger partial charge is 0.248 e. The number of aryl methyl sites for hydroxylation is 1. The van der Waals surface area contributed by atoms with Gasteiger partial charge in [-0.15, -0.1) is 0 Å². The molecule has 0 atom stereocenters. The zero-order valence-corrected chi connectivity index (χ0v) is 8.79. The Morgan fingerprint density at radius 2 is 2.27 bits per heavy atom. The van der Waals surface area contributed by atoms with Crippen LogP contribution >= 0.6 is 0 Å². The van der Waals surface area contributed by atoms with E-state index in [0.717, 1.165) is 11.1 Å². The van der Waals surface area contributed by atoms with Crippen LogP contribution in [-0.4, -0.2) is 24.2 Å². The fraction of sp³-hybridized carbons (Fsp3) is 0.364. The van der Waals surface area contributed by atoms with E-state index < -0.39 is 5.91 Å². The molecule has 0 fully saturated rings. The lowest BCUT2D eigenvalue weighted by atomic mass is 10.0. The molecule has 0 saturated carbocycles. The zero-order chi connectivity index (χ0) is 11.3. The van der Waals surface area contributed by atoms with Gasteiger partial charge in [-0.2, -0.15) is 0 Å². The van der Waals surface area contributed by atoms with Crippen molar-refractivity contribution in [1.82, 2.24) is 5.32 Å². The van der Waals surface area contributed by atoms with Gasteiger partial charge >= 0.3 is 0 Å². The van der Waals surface area contributed by atoms with Gasteiger partial charge in [-0.3, -0.25) is 4.79 Å². The number of nitrogens with one attached hydrogen (secondary N) is 1. The van der Waals surface area contributed by atoms with Crippen LogP contribution in [0, 0.1) is 6.92 Å². The van der Waals surface area contributed by atoms with Gasteiger partial charge in [-0.05, 0) is 30.2 Å².